The van der Waals surface area contributed by atoms with Crippen LogP contribution in [0, 0.1) is 0 Å². The highest BCUT2D eigenvalue weighted by Crippen LogP contribution is 2.30. The van der Waals surface area contributed by atoms with Gasteiger partial charge in [-0.3, -0.25) is 4.90 Å². The van der Waals surface area contributed by atoms with Crippen molar-refractivity contribution in [1.82, 2.24) is 10.2 Å². The van der Waals surface area contributed by atoms with Gasteiger partial charge in [-0.05, 0) is 57.0 Å². The third kappa shape index (κ3) is 3.16. The van der Waals surface area contributed by atoms with Gasteiger partial charge in [-0.15, -0.1) is 0 Å². The van der Waals surface area contributed by atoms with E-state index in [4.69, 9.17) is 9.47 Å². The molecule has 0 aliphatic carbocycles. The molecule has 0 spiro atoms. The molecule has 2 unspecified atom stereocenters. The Morgan fingerprint density at radius 2 is 2.10 bits per heavy atom. The lowest BCUT2D eigenvalue weighted by atomic mass is 10.0. The van der Waals surface area contributed by atoms with Gasteiger partial charge in [0.05, 0.1) is 14.2 Å². The molecule has 4 nitrogen and oxygen atoms in total. The van der Waals surface area contributed by atoms with E-state index < -0.39 is 0 Å². The zero-order valence-electron chi connectivity index (χ0n) is 13.1. The number of benzene rings is 1. The molecule has 0 saturated carbocycles. The lowest BCUT2D eigenvalue weighted by Gasteiger charge is -2.30. The lowest BCUT2D eigenvalue weighted by molar-refractivity contribution is 0.204. The van der Waals surface area contributed by atoms with Gasteiger partial charge in [0.25, 0.3) is 0 Å². The molecule has 1 N–H and O–H groups in total. The first-order valence-electron chi connectivity index (χ1n) is 8.00. The predicted octanol–water partition coefficient (Wildman–Crippen LogP) is 2.42. The van der Waals surface area contributed by atoms with Crippen LogP contribution in [-0.2, 0) is 6.54 Å². The van der Waals surface area contributed by atoms with Crippen LogP contribution < -0.4 is 14.8 Å². The average molecular weight is 290 g/mol. The van der Waals surface area contributed by atoms with Gasteiger partial charge in [0, 0.05) is 24.2 Å². The second-order valence-electron chi connectivity index (χ2n) is 6.06. The van der Waals surface area contributed by atoms with Crippen LogP contribution >= 0.6 is 0 Å². The Balaban J connectivity index is 1.75. The summed E-state index contributed by atoms with van der Waals surface area (Å²) in [7, 11) is 3.46. The van der Waals surface area contributed by atoms with Crippen LogP contribution in [0.25, 0.3) is 0 Å². The molecule has 0 amide bonds. The minimum Gasteiger partial charge on any atom is -0.497 e. The van der Waals surface area contributed by atoms with Crippen molar-refractivity contribution in [2.45, 2.75) is 44.3 Å². The van der Waals surface area contributed by atoms with Crippen molar-refractivity contribution in [2.75, 3.05) is 27.3 Å². The second kappa shape index (κ2) is 6.67. The average Bonchev–Trinajstić information content (AvgIpc) is 3.17. The molecule has 0 radical (unpaired) electrons. The van der Waals surface area contributed by atoms with Crippen LogP contribution in [0.1, 0.15) is 31.2 Å². The van der Waals surface area contributed by atoms with Gasteiger partial charge in [0.1, 0.15) is 11.5 Å². The van der Waals surface area contributed by atoms with Crippen LogP contribution in [0.2, 0.25) is 0 Å². The summed E-state index contributed by atoms with van der Waals surface area (Å²) in [5.74, 6) is 1.86. The van der Waals surface area contributed by atoms with Crippen molar-refractivity contribution in [2.24, 2.45) is 0 Å². The van der Waals surface area contributed by atoms with Crippen molar-refractivity contribution < 1.29 is 9.47 Å². The quantitative estimate of drug-likeness (QED) is 0.903. The Labute approximate surface area is 127 Å². The maximum absolute atomic E-state index is 5.52. The Kier molecular flexibility index (Phi) is 4.66. The first-order valence-corrected chi connectivity index (χ1v) is 8.00. The molecule has 0 bridgehead atoms. The summed E-state index contributed by atoms with van der Waals surface area (Å²) in [6, 6.07) is 7.42. The Morgan fingerprint density at radius 1 is 1.19 bits per heavy atom. The fraction of sp³-hybridized carbons (Fsp3) is 0.647. The first kappa shape index (κ1) is 14.7. The number of nitrogens with one attached hydrogen (secondary N) is 1. The van der Waals surface area contributed by atoms with E-state index in [9.17, 15) is 0 Å². The monoisotopic (exact) mass is 290 g/mol. The molecular weight excluding hydrogens is 264 g/mol. The van der Waals surface area contributed by atoms with Crippen LogP contribution in [-0.4, -0.2) is 44.3 Å². The van der Waals surface area contributed by atoms with Crippen LogP contribution in [0.3, 0.4) is 0 Å². The zero-order chi connectivity index (χ0) is 14.7. The molecule has 2 heterocycles. The number of hydrogen-bond donors (Lipinski definition) is 1. The molecule has 2 fully saturated rings. The highest BCUT2D eigenvalue weighted by Gasteiger charge is 2.33. The Bertz CT molecular complexity index is 472. The first-order chi connectivity index (χ1) is 10.3. The van der Waals surface area contributed by atoms with Gasteiger partial charge in [-0.1, -0.05) is 0 Å². The Hall–Kier alpha value is -1.26. The second-order valence-corrected chi connectivity index (χ2v) is 6.06. The molecule has 0 aromatic heterocycles. The maximum atomic E-state index is 5.52. The molecular formula is C17H26N2O2. The molecule has 4 heteroatoms. The van der Waals surface area contributed by atoms with Crippen molar-refractivity contribution >= 4 is 0 Å². The normalized spacial score (nSPS) is 26.2. The highest BCUT2D eigenvalue weighted by molar-refractivity contribution is 5.40. The third-order valence-corrected chi connectivity index (χ3v) is 4.84. The van der Waals surface area contributed by atoms with Crippen molar-refractivity contribution in [1.29, 1.82) is 0 Å². The summed E-state index contributed by atoms with van der Waals surface area (Å²) >= 11 is 0. The minimum absolute atomic E-state index is 0.670. The van der Waals surface area contributed by atoms with Crippen LogP contribution in [0.5, 0.6) is 11.5 Å². The minimum atomic E-state index is 0.670. The van der Waals surface area contributed by atoms with E-state index in [0.717, 1.165) is 18.0 Å². The predicted molar refractivity (Wildman–Crippen MR) is 84.0 cm³/mol. The zero-order valence-corrected chi connectivity index (χ0v) is 13.1. The molecule has 1 aromatic rings. The van der Waals surface area contributed by atoms with E-state index in [1.54, 1.807) is 14.2 Å². The van der Waals surface area contributed by atoms with Crippen molar-refractivity contribution in [3.05, 3.63) is 23.8 Å². The van der Waals surface area contributed by atoms with E-state index >= 15 is 0 Å². The standard InChI is InChI=1S/C17H26N2O2/c1-20-14-7-8-17(21-2)13(11-14)12-19-10-4-6-16(19)15-5-3-9-18-15/h7-8,11,15-16,18H,3-6,9-10,12H2,1-2H3. The molecule has 2 atom stereocenters. The number of ether oxygens (including phenoxy) is 2. The summed E-state index contributed by atoms with van der Waals surface area (Å²) in [4.78, 5) is 2.61. The molecule has 2 aliphatic rings. The summed E-state index contributed by atoms with van der Waals surface area (Å²) in [5, 5.41) is 3.67. The molecule has 116 valence electrons. The van der Waals surface area contributed by atoms with Crippen LogP contribution in [0.4, 0.5) is 0 Å². The van der Waals surface area contributed by atoms with E-state index in [0.29, 0.717) is 12.1 Å². The SMILES string of the molecule is COc1ccc(OC)c(CN2CCCC2C2CCCN2)c1. The Morgan fingerprint density at radius 3 is 2.81 bits per heavy atom. The smallest absolute Gasteiger partial charge is 0.123 e. The van der Waals surface area contributed by atoms with Gasteiger partial charge in [0.2, 0.25) is 0 Å². The summed E-state index contributed by atoms with van der Waals surface area (Å²) in [6.45, 7) is 3.31. The number of hydrogen-bond acceptors (Lipinski definition) is 4. The molecule has 1 aromatic carbocycles. The topological polar surface area (TPSA) is 33.7 Å². The van der Waals surface area contributed by atoms with E-state index in [1.807, 2.05) is 12.1 Å². The fourth-order valence-corrected chi connectivity index (χ4v) is 3.77. The molecule has 2 saturated heterocycles. The molecule has 2 aliphatic heterocycles. The van der Waals surface area contributed by atoms with E-state index in [1.165, 1.54) is 44.3 Å². The van der Waals surface area contributed by atoms with E-state index in [-0.39, 0.29) is 0 Å². The summed E-state index contributed by atoms with van der Waals surface area (Å²) in [5.41, 5.74) is 1.22. The largest absolute Gasteiger partial charge is 0.497 e. The molecule has 21 heavy (non-hydrogen) atoms. The number of methoxy groups -OCH3 is 2. The lowest BCUT2D eigenvalue weighted by Crippen LogP contribution is -2.43. The van der Waals surface area contributed by atoms with Gasteiger partial charge in [-0.25, -0.2) is 0 Å². The highest BCUT2D eigenvalue weighted by atomic mass is 16.5. The summed E-state index contributed by atoms with van der Waals surface area (Å²) in [6.07, 6.45) is 5.24. The van der Waals surface area contributed by atoms with Crippen molar-refractivity contribution in [3.8, 4) is 11.5 Å². The maximum Gasteiger partial charge on any atom is 0.123 e. The van der Waals surface area contributed by atoms with Crippen LogP contribution in [0.15, 0.2) is 18.2 Å². The number of likely N-dealkylation sites (tertiary alicyclic amines) is 1. The van der Waals surface area contributed by atoms with Gasteiger partial charge >= 0.3 is 0 Å². The van der Waals surface area contributed by atoms with Crippen molar-refractivity contribution in [3.63, 3.8) is 0 Å². The fourth-order valence-electron chi connectivity index (χ4n) is 3.77. The van der Waals surface area contributed by atoms with Gasteiger partial charge < -0.3 is 14.8 Å². The van der Waals surface area contributed by atoms with Gasteiger partial charge in [0.15, 0.2) is 0 Å². The van der Waals surface area contributed by atoms with E-state index in [2.05, 4.69) is 16.3 Å². The number of nitrogens with zero attached hydrogens (tertiary/aromatic N) is 1. The third-order valence-electron chi connectivity index (χ3n) is 4.84. The number of rotatable bonds is 5. The van der Waals surface area contributed by atoms with Gasteiger partial charge in [-0.2, -0.15) is 0 Å². The molecule has 3 rings (SSSR count). The summed E-state index contributed by atoms with van der Waals surface area (Å²) < 4.78 is 10.9.